The molecule has 1 N–H and O–H groups in total. The van der Waals surface area contributed by atoms with E-state index in [1.54, 1.807) is 0 Å². The molecule has 1 saturated heterocycles. The summed E-state index contributed by atoms with van der Waals surface area (Å²) in [6.45, 7) is 3.18. The highest BCUT2D eigenvalue weighted by Crippen LogP contribution is 2.25. The van der Waals surface area contributed by atoms with E-state index in [0.717, 1.165) is 13.0 Å². The van der Waals surface area contributed by atoms with Crippen molar-refractivity contribution in [3.8, 4) is 0 Å². The summed E-state index contributed by atoms with van der Waals surface area (Å²) in [5.74, 6) is 0. The minimum Gasteiger partial charge on any atom is -0.378 e. The molecule has 1 fully saturated rings. The lowest BCUT2D eigenvalue weighted by molar-refractivity contribution is 0.00548. The van der Waals surface area contributed by atoms with Crippen LogP contribution >= 0.6 is 0 Å². The van der Waals surface area contributed by atoms with Crippen molar-refractivity contribution >= 4 is 0 Å². The van der Waals surface area contributed by atoms with Gasteiger partial charge in [0, 0.05) is 12.6 Å². The number of hydrogen-bond donors (Lipinski definition) is 1. The Bertz CT molecular complexity index is 371. The average molecular weight is 261 g/mol. The maximum Gasteiger partial charge on any atom is 0.0593 e. The lowest BCUT2D eigenvalue weighted by Crippen LogP contribution is -2.27. The van der Waals surface area contributed by atoms with E-state index in [0.29, 0.717) is 12.1 Å². The summed E-state index contributed by atoms with van der Waals surface area (Å²) < 4.78 is 5.87. The minimum atomic E-state index is 0.417. The zero-order valence-corrected chi connectivity index (χ0v) is 12.3. The molecule has 19 heavy (non-hydrogen) atoms. The first kappa shape index (κ1) is 14.5. The second-order valence-electron chi connectivity index (χ2n) is 5.56. The molecule has 0 spiro atoms. The van der Waals surface area contributed by atoms with E-state index in [9.17, 15) is 0 Å². The molecule has 2 rings (SSSR count). The van der Waals surface area contributed by atoms with E-state index in [1.807, 2.05) is 0 Å². The predicted molar refractivity (Wildman–Crippen MR) is 80.4 cm³/mol. The van der Waals surface area contributed by atoms with Gasteiger partial charge < -0.3 is 10.1 Å². The fourth-order valence-corrected chi connectivity index (χ4v) is 2.93. The standard InChI is InChI=1S/C17H27NO/c1-3-7-14-8-6-9-15(12-14)17(18-2)13-16-10-4-5-11-19-16/h6,8-9,12,16-18H,3-5,7,10-11,13H2,1-2H3. The molecule has 0 aromatic heterocycles. The highest BCUT2D eigenvalue weighted by molar-refractivity contribution is 5.26. The van der Waals surface area contributed by atoms with E-state index >= 15 is 0 Å². The second-order valence-corrected chi connectivity index (χ2v) is 5.56. The van der Waals surface area contributed by atoms with Gasteiger partial charge in [-0.2, -0.15) is 0 Å². The van der Waals surface area contributed by atoms with Crippen LogP contribution in [0, 0.1) is 0 Å². The molecule has 2 nitrogen and oxygen atoms in total. The third-order valence-electron chi connectivity index (χ3n) is 4.01. The fourth-order valence-electron chi connectivity index (χ4n) is 2.93. The smallest absolute Gasteiger partial charge is 0.0593 e. The first-order valence-corrected chi connectivity index (χ1v) is 7.71. The van der Waals surface area contributed by atoms with Crippen LogP contribution in [0.25, 0.3) is 0 Å². The van der Waals surface area contributed by atoms with Crippen LogP contribution in [-0.2, 0) is 11.2 Å². The van der Waals surface area contributed by atoms with Gasteiger partial charge in [0.05, 0.1) is 6.10 Å². The van der Waals surface area contributed by atoms with E-state index in [-0.39, 0.29) is 0 Å². The van der Waals surface area contributed by atoms with Crippen molar-refractivity contribution in [2.24, 2.45) is 0 Å². The summed E-state index contributed by atoms with van der Waals surface area (Å²) in [5, 5.41) is 3.45. The molecular formula is C17H27NO. The summed E-state index contributed by atoms with van der Waals surface area (Å²) in [5.41, 5.74) is 2.85. The molecule has 0 aliphatic carbocycles. The fraction of sp³-hybridized carbons (Fsp3) is 0.647. The normalized spacial score (nSPS) is 21.3. The van der Waals surface area contributed by atoms with Crippen LogP contribution in [0.2, 0.25) is 0 Å². The number of ether oxygens (including phenoxy) is 1. The van der Waals surface area contributed by atoms with Crippen LogP contribution in [0.5, 0.6) is 0 Å². The van der Waals surface area contributed by atoms with Gasteiger partial charge in [0.25, 0.3) is 0 Å². The first-order chi connectivity index (χ1) is 9.33. The summed E-state index contributed by atoms with van der Waals surface area (Å²) in [7, 11) is 2.06. The molecule has 2 atom stereocenters. The van der Waals surface area contributed by atoms with Crippen molar-refractivity contribution in [1.29, 1.82) is 0 Å². The molecule has 1 aromatic carbocycles. The Balaban J connectivity index is 2.01. The van der Waals surface area contributed by atoms with Gasteiger partial charge in [-0.3, -0.25) is 0 Å². The van der Waals surface area contributed by atoms with E-state index < -0.39 is 0 Å². The number of nitrogens with one attached hydrogen (secondary N) is 1. The van der Waals surface area contributed by atoms with Gasteiger partial charge in [0.15, 0.2) is 0 Å². The van der Waals surface area contributed by atoms with Crippen LogP contribution in [0.3, 0.4) is 0 Å². The number of hydrogen-bond acceptors (Lipinski definition) is 2. The van der Waals surface area contributed by atoms with Gasteiger partial charge >= 0.3 is 0 Å². The van der Waals surface area contributed by atoms with Crippen LogP contribution in [-0.4, -0.2) is 19.8 Å². The second kappa shape index (κ2) is 7.66. The largest absolute Gasteiger partial charge is 0.378 e. The van der Waals surface area contributed by atoms with E-state index in [4.69, 9.17) is 4.74 Å². The molecule has 0 radical (unpaired) electrons. The Morgan fingerprint density at radius 3 is 2.95 bits per heavy atom. The van der Waals surface area contributed by atoms with Gasteiger partial charge in [-0.05, 0) is 50.3 Å². The van der Waals surface area contributed by atoms with Crippen LogP contribution in [0.4, 0.5) is 0 Å². The Hall–Kier alpha value is -0.860. The number of aryl methyl sites for hydroxylation is 1. The molecule has 0 bridgehead atoms. The molecule has 0 saturated carbocycles. The maximum absolute atomic E-state index is 5.87. The zero-order chi connectivity index (χ0) is 13.5. The maximum atomic E-state index is 5.87. The molecule has 1 heterocycles. The Morgan fingerprint density at radius 2 is 2.26 bits per heavy atom. The Morgan fingerprint density at radius 1 is 1.37 bits per heavy atom. The SMILES string of the molecule is CCCc1cccc(C(CC2CCCCO2)NC)c1. The number of rotatable bonds is 6. The van der Waals surface area contributed by atoms with Crippen molar-refractivity contribution in [2.45, 2.75) is 57.6 Å². The molecule has 0 amide bonds. The molecular weight excluding hydrogens is 234 g/mol. The summed E-state index contributed by atoms with van der Waals surface area (Å²) >= 11 is 0. The van der Waals surface area contributed by atoms with Crippen LogP contribution < -0.4 is 5.32 Å². The van der Waals surface area contributed by atoms with Crippen molar-refractivity contribution in [3.63, 3.8) is 0 Å². The molecule has 2 unspecified atom stereocenters. The molecule has 2 heteroatoms. The van der Waals surface area contributed by atoms with Gasteiger partial charge in [0.2, 0.25) is 0 Å². The van der Waals surface area contributed by atoms with Gasteiger partial charge in [0.1, 0.15) is 0 Å². The third-order valence-corrected chi connectivity index (χ3v) is 4.01. The van der Waals surface area contributed by atoms with E-state index in [2.05, 4.69) is 43.6 Å². The molecule has 1 aliphatic rings. The van der Waals surface area contributed by atoms with Crippen molar-refractivity contribution < 1.29 is 4.74 Å². The third kappa shape index (κ3) is 4.32. The predicted octanol–water partition coefficient (Wildman–Crippen LogP) is 3.86. The van der Waals surface area contributed by atoms with Gasteiger partial charge in [-0.1, -0.05) is 37.6 Å². The monoisotopic (exact) mass is 261 g/mol. The summed E-state index contributed by atoms with van der Waals surface area (Å²) in [6.07, 6.45) is 7.66. The quantitative estimate of drug-likeness (QED) is 0.839. The van der Waals surface area contributed by atoms with Crippen molar-refractivity contribution in [3.05, 3.63) is 35.4 Å². The summed E-state index contributed by atoms with van der Waals surface area (Å²) in [4.78, 5) is 0. The molecule has 1 aromatic rings. The summed E-state index contributed by atoms with van der Waals surface area (Å²) in [6, 6.07) is 9.43. The zero-order valence-electron chi connectivity index (χ0n) is 12.3. The Kier molecular flexibility index (Phi) is 5.87. The topological polar surface area (TPSA) is 21.3 Å². The van der Waals surface area contributed by atoms with Gasteiger partial charge in [-0.15, -0.1) is 0 Å². The average Bonchev–Trinajstić information content (AvgIpc) is 2.46. The van der Waals surface area contributed by atoms with Crippen molar-refractivity contribution in [1.82, 2.24) is 5.32 Å². The Labute approximate surface area is 117 Å². The van der Waals surface area contributed by atoms with Crippen molar-refractivity contribution in [2.75, 3.05) is 13.7 Å². The first-order valence-electron chi connectivity index (χ1n) is 7.71. The lowest BCUT2D eigenvalue weighted by Gasteiger charge is -2.27. The lowest BCUT2D eigenvalue weighted by atomic mass is 9.95. The minimum absolute atomic E-state index is 0.417. The van der Waals surface area contributed by atoms with Gasteiger partial charge in [-0.25, -0.2) is 0 Å². The molecule has 1 aliphatic heterocycles. The van der Waals surface area contributed by atoms with Crippen LogP contribution in [0.1, 0.15) is 56.2 Å². The van der Waals surface area contributed by atoms with Crippen LogP contribution in [0.15, 0.2) is 24.3 Å². The highest BCUT2D eigenvalue weighted by Gasteiger charge is 2.19. The number of benzene rings is 1. The molecule has 106 valence electrons. The highest BCUT2D eigenvalue weighted by atomic mass is 16.5. The van der Waals surface area contributed by atoms with E-state index in [1.165, 1.54) is 43.2 Å².